The predicted octanol–water partition coefficient (Wildman–Crippen LogP) is 0.664. The van der Waals surface area contributed by atoms with Gasteiger partial charge in [0.25, 0.3) is 0 Å². The third kappa shape index (κ3) is 19.3. The molecule has 0 saturated carbocycles. The fraction of sp³-hybridized carbons (Fsp3) is 0.250. The van der Waals surface area contributed by atoms with E-state index in [0.717, 1.165) is 0 Å². The molecule has 8 heavy (non-hydrogen) atoms. The molecule has 0 amide bonds. The van der Waals surface area contributed by atoms with Gasteiger partial charge in [0.2, 0.25) is 0 Å². The molecule has 0 atom stereocenters. The minimum absolute atomic E-state index is 0.0556. The van der Waals surface area contributed by atoms with E-state index in [4.69, 9.17) is 15.6 Å². The Hall–Kier alpha value is -0.870. The fourth-order valence-electron chi connectivity index (χ4n) is 0.123. The molecule has 0 aromatic heterocycles. The molecule has 0 aliphatic rings. The number of hydrogen-bond acceptors (Lipinski definition) is 3. The molecule has 0 bridgehead atoms. The smallest absolute Gasteiger partial charge is 0.307 e. The van der Waals surface area contributed by atoms with Gasteiger partial charge in [0.15, 0.2) is 0 Å². The quantitative estimate of drug-likeness (QED) is 0.284. The highest BCUT2D eigenvalue weighted by Gasteiger charge is 1.84. The summed E-state index contributed by atoms with van der Waals surface area (Å²) in [6, 6.07) is 0. The van der Waals surface area contributed by atoms with E-state index in [9.17, 15) is 4.79 Å². The molecule has 0 aliphatic heterocycles. The lowest BCUT2D eigenvalue weighted by molar-refractivity contribution is -0.176. The van der Waals surface area contributed by atoms with E-state index >= 15 is 0 Å². The summed E-state index contributed by atoms with van der Waals surface area (Å²) >= 11 is 0. The molecule has 0 rings (SSSR count). The van der Waals surface area contributed by atoms with Gasteiger partial charge in [-0.3, -0.25) is 15.3 Å². The normalized spacial score (nSPS) is 6.25. The summed E-state index contributed by atoms with van der Waals surface area (Å²) in [6.45, 7) is 3.22. The van der Waals surface area contributed by atoms with Crippen LogP contribution in [0, 0.1) is 0 Å². The summed E-state index contributed by atoms with van der Waals surface area (Å²) in [6.07, 6.45) is 1.41. The standard InChI is InChI=1S/C4H6O2.H2O2/c1-2-3-4(5)6;1-2/h2H,1,3H2,(H,5,6);1-2H. The molecule has 0 unspecified atom stereocenters. The van der Waals surface area contributed by atoms with Gasteiger partial charge in [-0.25, -0.2) is 0 Å². The van der Waals surface area contributed by atoms with Crippen LogP contribution in [0.5, 0.6) is 0 Å². The van der Waals surface area contributed by atoms with Crippen molar-refractivity contribution in [2.45, 2.75) is 6.42 Å². The molecule has 0 heterocycles. The maximum atomic E-state index is 9.53. The third-order valence-corrected chi connectivity index (χ3v) is 0.319. The Balaban J connectivity index is 0. The number of hydrogen-bond donors (Lipinski definition) is 3. The second-order valence-corrected chi connectivity index (χ2v) is 0.887. The Morgan fingerprint density at radius 2 is 2.00 bits per heavy atom. The van der Waals surface area contributed by atoms with E-state index < -0.39 is 5.97 Å². The van der Waals surface area contributed by atoms with E-state index in [1.54, 1.807) is 0 Å². The van der Waals surface area contributed by atoms with Crippen LogP contribution in [0.2, 0.25) is 0 Å². The first-order valence-corrected chi connectivity index (χ1v) is 1.80. The zero-order chi connectivity index (χ0) is 6.99. The lowest BCUT2D eigenvalue weighted by atomic mass is 10.4. The molecule has 0 spiro atoms. The van der Waals surface area contributed by atoms with Gasteiger partial charge >= 0.3 is 5.97 Å². The monoisotopic (exact) mass is 120 g/mol. The van der Waals surface area contributed by atoms with Crippen molar-refractivity contribution in [2.75, 3.05) is 0 Å². The van der Waals surface area contributed by atoms with Gasteiger partial charge in [-0.1, -0.05) is 6.08 Å². The lowest BCUT2D eigenvalue weighted by Crippen LogP contribution is -1.88. The highest BCUT2D eigenvalue weighted by Crippen LogP contribution is 1.74. The van der Waals surface area contributed by atoms with Crippen LogP contribution in [0.3, 0.4) is 0 Å². The van der Waals surface area contributed by atoms with Crippen molar-refractivity contribution in [3.8, 4) is 0 Å². The molecule has 4 nitrogen and oxygen atoms in total. The molecule has 0 radical (unpaired) electrons. The topological polar surface area (TPSA) is 77.8 Å². The molecule has 0 aromatic carbocycles. The molecule has 0 fully saturated rings. The first kappa shape index (κ1) is 10.2. The lowest BCUT2D eigenvalue weighted by Gasteiger charge is -1.75. The number of rotatable bonds is 2. The molecule has 0 aromatic rings. The van der Waals surface area contributed by atoms with Crippen molar-refractivity contribution in [3.63, 3.8) is 0 Å². The van der Waals surface area contributed by atoms with Crippen molar-refractivity contribution in [2.24, 2.45) is 0 Å². The van der Waals surface area contributed by atoms with Gasteiger partial charge in [-0.2, -0.15) is 0 Å². The summed E-state index contributed by atoms with van der Waals surface area (Å²) < 4.78 is 0. The van der Waals surface area contributed by atoms with Gasteiger partial charge in [0, 0.05) is 0 Å². The zero-order valence-electron chi connectivity index (χ0n) is 4.24. The average molecular weight is 120 g/mol. The maximum Gasteiger partial charge on any atom is 0.307 e. The van der Waals surface area contributed by atoms with Crippen molar-refractivity contribution < 1.29 is 20.4 Å². The Bertz CT molecular complexity index is 68.4. The van der Waals surface area contributed by atoms with E-state index in [1.165, 1.54) is 6.08 Å². The van der Waals surface area contributed by atoms with Crippen molar-refractivity contribution in [1.82, 2.24) is 0 Å². The number of carbonyl (C=O) groups is 1. The largest absolute Gasteiger partial charge is 0.481 e. The second kappa shape index (κ2) is 9.46. The maximum absolute atomic E-state index is 9.53. The van der Waals surface area contributed by atoms with Crippen LogP contribution in [-0.4, -0.2) is 21.6 Å². The summed E-state index contributed by atoms with van der Waals surface area (Å²) in [5, 5.41) is 19.8. The highest BCUT2D eigenvalue weighted by molar-refractivity contribution is 5.68. The van der Waals surface area contributed by atoms with Gasteiger partial charge in [-0.15, -0.1) is 6.58 Å². The molecular formula is C4H8O4. The number of aliphatic carboxylic acids is 1. The Morgan fingerprint density at radius 3 is 2.00 bits per heavy atom. The number of carboxylic acids is 1. The van der Waals surface area contributed by atoms with Crippen LogP contribution in [0.25, 0.3) is 0 Å². The summed E-state index contributed by atoms with van der Waals surface area (Å²) in [7, 11) is 0. The van der Waals surface area contributed by atoms with Crippen molar-refractivity contribution in [3.05, 3.63) is 12.7 Å². The van der Waals surface area contributed by atoms with Gasteiger partial charge < -0.3 is 5.11 Å². The predicted molar refractivity (Wildman–Crippen MR) is 27.7 cm³/mol. The van der Waals surface area contributed by atoms with E-state index in [2.05, 4.69) is 6.58 Å². The Morgan fingerprint density at radius 1 is 1.62 bits per heavy atom. The first-order valence-electron chi connectivity index (χ1n) is 1.80. The van der Waals surface area contributed by atoms with Crippen LogP contribution in [0.15, 0.2) is 12.7 Å². The molecule has 0 aliphatic carbocycles. The van der Waals surface area contributed by atoms with E-state index in [-0.39, 0.29) is 6.42 Å². The molecule has 3 N–H and O–H groups in total. The SMILES string of the molecule is C=CCC(=O)O.OO. The Kier molecular flexibility index (Phi) is 12.0. The first-order chi connectivity index (χ1) is 3.77. The zero-order valence-corrected chi connectivity index (χ0v) is 4.24. The average Bonchev–Trinajstić information content (AvgIpc) is 1.72. The second-order valence-electron chi connectivity index (χ2n) is 0.887. The molecule has 4 heteroatoms. The van der Waals surface area contributed by atoms with Crippen LogP contribution in [-0.2, 0) is 4.79 Å². The number of carboxylic acid groups (broad SMARTS) is 1. The minimum atomic E-state index is -0.829. The van der Waals surface area contributed by atoms with Crippen LogP contribution < -0.4 is 0 Å². The summed E-state index contributed by atoms with van der Waals surface area (Å²) in [5.41, 5.74) is 0. The van der Waals surface area contributed by atoms with Gasteiger partial charge in [0.05, 0.1) is 6.42 Å². The molecule has 48 valence electrons. The van der Waals surface area contributed by atoms with Gasteiger partial charge in [0.1, 0.15) is 0 Å². The fourth-order valence-corrected chi connectivity index (χ4v) is 0.123. The minimum Gasteiger partial charge on any atom is -0.481 e. The summed E-state index contributed by atoms with van der Waals surface area (Å²) in [4.78, 5) is 9.53. The molecular weight excluding hydrogens is 112 g/mol. The third-order valence-electron chi connectivity index (χ3n) is 0.319. The van der Waals surface area contributed by atoms with Crippen molar-refractivity contribution in [1.29, 1.82) is 0 Å². The van der Waals surface area contributed by atoms with Crippen LogP contribution in [0.4, 0.5) is 0 Å². The summed E-state index contributed by atoms with van der Waals surface area (Å²) in [5.74, 6) is -0.829. The highest BCUT2D eigenvalue weighted by atomic mass is 17.0. The van der Waals surface area contributed by atoms with E-state index in [1.807, 2.05) is 0 Å². The van der Waals surface area contributed by atoms with Crippen molar-refractivity contribution >= 4 is 5.97 Å². The van der Waals surface area contributed by atoms with Gasteiger partial charge in [-0.05, 0) is 0 Å². The van der Waals surface area contributed by atoms with E-state index in [0.29, 0.717) is 0 Å². The molecule has 0 saturated heterocycles. The Labute approximate surface area is 46.6 Å². The van der Waals surface area contributed by atoms with Crippen LogP contribution >= 0.6 is 0 Å². The van der Waals surface area contributed by atoms with Crippen LogP contribution in [0.1, 0.15) is 6.42 Å².